The number of methoxy groups -OCH3 is 1. The molecule has 1 fully saturated rings. The minimum atomic E-state index is -0.0374. The smallest absolute Gasteiger partial charge is 0.251 e. The number of nitrogens with one attached hydrogen (secondary N) is 1. The molecule has 0 spiro atoms. The second-order valence-corrected chi connectivity index (χ2v) is 4.78. The van der Waals surface area contributed by atoms with Crippen LogP contribution in [0.5, 0.6) is 11.5 Å². The average Bonchev–Trinajstić information content (AvgIpc) is 3.17. The molecular weight excluding hydrogens is 242 g/mol. The number of ether oxygens (including phenoxy) is 2. The van der Waals surface area contributed by atoms with Crippen molar-refractivity contribution in [2.75, 3.05) is 13.7 Å². The summed E-state index contributed by atoms with van der Waals surface area (Å²) in [4.78, 5) is 12.1. The Kier molecular flexibility index (Phi) is 4.30. The molecule has 4 nitrogen and oxygen atoms in total. The lowest BCUT2D eigenvalue weighted by atomic mass is 10.2. The van der Waals surface area contributed by atoms with Crippen LogP contribution in [0, 0.1) is 5.92 Å². The molecule has 1 saturated carbocycles. The molecule has 19 heavy (non-hydrogen) atoms. The number of carbonyl (C=O) groups is 1. The summed E-state index contributed by atoms with van der Waals surface area (Å²) in [5.74, 6) is 1.87. The zero-order valence-electron chi connectivity index (χ0n) is 11.7. The number of benzene rings is 1. The molecule has 1 aliphatic rings. The van der Waals surface area contributed by atoms with Crippen LogP contribution in [0.3, 0.4) is 0 Å². The summed E-state index contributed by atoms with van der Waals surface area (Å²) < 4.78 is 10.7. The number of hydrogen-bond acceptors (Lipinski definition) is 3. The molecule has 0 unspecified atom stereocenters. The van der Waals surface area contributed by atoms with Gasteiger partial charge in [-0.2, -0.15) is 0 Å². The largest absolute Gasteiger partial charge is 0.493 e. The van der Waals surface area contributed by atoms with Crippen LogP contribution in [0.2, 0.25) is 0 Å². The molecule has 1 aromatic rings. The van der Waals surface area contributed by atoms with Crippen LogP contribution >= 0.6 is 0 Å². The molecule has 1 N–H and O–H groups in total. The lowest BCUT2D eigenvalue weighted by Crippen LogP contribution is -2.26. The standard InChI is InChI=1S/C15H21NO3/c1-4-10-8-12(10)16-15(17)11-6-7-13(18-3)14(9-11)19-5-2/h6-7,9-10,12H,4-5,8H2,1-3H3,(H,16,17)/t10-,12-/m1/s1. The van der Waals surface area contributed by atoms with Crippen molar-refractivity contribution in [2.45, 2.75) is 32.7 Å². The van der Waals surface area contributed by atoms with Crippen molar-refractivity contribution in [3.63, 3.8) is 0 Å². The molecule has 0 aliphatic heterocycles. The predicted octanol–water partition coefficient (Wildman–Crippen LogP) is 2.62. The molecule has 0 aromatic heterocycles. The van der Waals surface area contributed by atoms with Gasteiger partial charge in [0.1, 0.15) is 0 Å². The highest BCUT2D eigenvalue weighted by Crippen LogP contribution is 2.34. The van der Waals surface area contributed by atoms with E-state index >= 15 is 0 Å². The summed E-state index contributed by atoms with van der Waals surface area (Å²) >= 11 is 0. The van der Waals surface area contributed by atoms with Gasteiger partial charge in [-0.15, -0.1) is 0 Å². The molecule has 0 saturated heterocycles. The van der Waals surface area contributed by atoms with Crippen molar-refractivity contribution in [1.82, 2.24) is 5.32 Å². The van der Waals surface area contributed by atoms with Gasteiger partial charge >= 0.3 is 0 Å². The number of hydrogen-bond donors (Lipinski definition) is 1. The van der Waals surface area contributed by atoms with E-state index in [2.05, 4.69) is 12.2 Å². The van der Waals surface area contributed by atoms with E-state index in [1.54, 1.807) is 25.3 Å². The topological polar surface area (TPSA) is 47.6 Å². The van der Waals surface area contributed by atoms with Gasteiger partial charge in [0, 0.05) is 11.6 Å². The summed E-state index contributed by atoms with van der Waals surface area (Å²) in [5.41, 5.74) is 0.617. The maximum Gasteiger partial charge on any atom is 0.251 e. The Labute approximate surface area is 114 Å². The monoisotopic (exact) mass is 263 g/mol. The molecule has 2 rings (SSSR count). The molecule has 1 aromatic carbocycles. The van der Waals surface area contributed by atoms with E-state index < -0.39 is 0 Å². The Morgan fingerprint density at radius 2 is 2.16 bits per heavy atom. The van der Waals surface area contributed by atoms with E-state index in [1.165, 1.54) is 0 Å². The number of amides is 1. The van der Waals surface area contributed by atoms with Crippen molar-refractivity contribution in [2.24, 2.45) is 5.92 Å². The van der Waals surface area contributed by atoms with E-state index in [4.69, 9.17) is 9.47 Å². The minimum Gasteiger partial charge on any atom is -0.493 e. The van der Waals surface area contributed by atoms with Crippen LogP contribution in [0.15, 0.2) is 18.2 Å². The van der Waals surface area contributed by atoms with Crippen LogP contribution in [0.4, 0.5) is 0 Å². The van der Waals surface area contributed by atoms with Gasteiger partial charge in [0.2, 0.25) is 0 Å². The first-order chi connectivity index (χ1) is 9.19. The Morgan fingerprint density at radius 3 is 2.74 bits per heavy atom. The molecule has 0 heterocycles. The molecule has 1 amide bonds. The molecule has 1 aliphatic carbocycles. The van der Waals surface area contributed by atoms with Crippen molar-refractivity contribution >= 4 is 5.91 Å². The van der Waals surface area contributed by atoms with E-state index in [0.29, 0.717) is 35.6 Å². The van der Waals surface area contributed by atoms with Crippen molar-refractivity contribution < 1.29 is 14.3 Å². The highest BCUT2D eigenvalue weighted by atomic mass is 16.5. The fraction of sp³-hybridized carbons (Fsp3) is 0.533. The van der Waals surface area contributed by atoms with E-state index in [0.717, 1.165) is 12.8 Å². The van der Waals surface area contributed by atoms with Gasteiger partial charge in [-0.05, 0) is 37.5 Å². The Balaban J connectivity index is 2.07. The summed E-state index contributed by atoms with van der Waals surface area (Å²) in [6, 6.07) is 5.61. The van der Waals surface area contributed by atoms with Crippen LogP contribution < -0.4 is 14.8 Å². The summed E-state index contributed by atoms with van der Waals surface area (Å²) in [6.07, 6.45) is 2.22. The first kappa shape index (κ1) is 13.7. The van der Waals surface area contributed by atoms with Gasteiger partial charge in [-0.25, -0.2) is 0 Å². The molecule has 0 radical (unpaired) electrons. The van der Waals surface area contributed by atoms with Gasteiger partial charge < -0.3 is 14.8 Å². The third-order valence-corrected chi connectivity index (χ3v) is 3.49. The van der Waals surface area contributed by atoms with Gasteiger partial charge in [0.05, 0.1) is 13.7 Å². The zero-order chi connectivity index (χ0) is 13.8. The Bertz CT molecular complexity index is 459. The van der Waals surface area contributed by atoms with E-state index in [9.17, 15) is 4.79 Å². The molecule has 0 bridgehead atoms. The molecule has 4 heteroatoms. The fourth-order valence-corrected chi connectivity index (χ4v) is 2.21. The van der Waals surface area contributed by atoms with Crippen LogP contribution in [0.1, 0.15) is 37.0 Å². The normalized spacial score (nSPS) is 20.8. The molecular formula is C15H21NO3. The van der Waals surface area contributed by atoms with Crippen molar-refractivity contribution in [3.05, 3.63) is 23.8 Å². The minimum absolute atomic E-state index is 0.0374. The Hall–Kier alpha value is -1.71. The van der Waals surface area contributed by atoms with Gasteiger partial charge in [-0.1, -0.05) is 13.3 Å². The lowest BCUT2D eigenvalue weighted by Gasteiger charge is -2.11. The third kappa shape index (κ3) is 3.19. The summed E-state index contributed by atoms with van der Waals surface area (Å²) in [5, 5.41) is 3.04. The van der Waals surface area contributed by atoms with Crippen LogP contribution in [-0.2, 0) is 0 Å². The molecule has 2 atom stereocenters. The van der Waals surface area contributed by atoms with E-state index in [-0.39, 0.29) is 5.91 Å². The number of rotatable bonds is 6. The predicted molar refractivity (Wildman–Crippen MR) is 73.8 cm³/mol. The van der Waals surface area contributed by atoms with Crippen molar-refractivity contribution in [3.8, 4) is 11.5 Å². The summed E-state index contributed by atoms with van der Waals surface area (Å²) in [6.45, 7) is 4.60. The van der Waals surface area contributed by atoms with E-state index in [1.807, 2.05) is 6.92 Å². The summed E-state index contributed by atoms with van der Waals surface area (Å²) in [7, 11) is 1.59. The average molecular weight is 263 g/mol. The second kappa shape index (κ2) is 5.95. The van der Waals surface area contributed by atoms with Crippen LogP contribution in [-0.4, -0.2) is 25.7 Å². The molecule has 104 valence electrons. The third-order valence-electron chi connectivity index (χ3n) is 3.49. The van der Waals surface area contributed by atoms with Gasteiger partial charge in [0.25, 0.3) is 5.91 Å². The first-order valence-corrected chi connectivity index (χ1v) is 6.81. The fourth-order valence-electron chi connectivity index (χ4n) is 2.21. The first-order valence-electron chi connectivity index (χ1n) is 6.81. The van der Waals surface area contributed by atoms with Crippen LogP contribution in [0.25, 0.3) is 0 Å². The van der Waals surface area contributed by atoms with Crippen molar-refractivity contribution in [1.29, 1.82) is 0 Å². The Morgan fingerprint density at radius 1 is 1.37 bits per heavy atom. The number of carbonyl (C=O) groups excluding carboxylic acids is 1. The maximum absolute atomic E-state index is 12.1. The highest BCUT2D eigenvalue weighted by molar-refractivity contribution is 5.95. The lowest BCUT2D eigenvalue weighted by molar-refractivity contribution is 0.0948. The quantitative estimate of drug-likeness (QED) is 0.858. The van der Waals surface area contributed by atoms with Gasteiger partial charge in [-0.3, -0.25) is 4.79 Å². The SMILES string of the molecule is CCOc1cc(C(=O)N[C@@H]2C[C@H]2CC)ccc1OC. The zero-order valence-corrected chi connectivity index (χ0v) is 11.7. The maximum atomic E-state index is 12.1. The second-order valence-electron chi connectivity index (χ2n) is 4.78. The van der Waals surface area contributed by atoms with Gasteiger partial charge in [0.15, 0.2) is 11.5 Å². The highest BCUT2D eigenvalue weighted by Gasteiger charge is 2.36.